The summed E-state index contributed by atoms with van der Waals surface area (Å²) < 4.78 is 6.91. The fourth-order valence-corrected chi connectivity index (χ4v) is 2.78. The highest BCUT2D eigenvalue weighted by Crippen LogP contribution is 2.33. The maximum absolute atomic E-state index is 6.00. The second-order valence-corrected chi connectivity index (χ2v) is 7.51. The van der Waals surface area contributed by atoms with Gasteiger partial charge >= 0.3 is 0 Å². The van der Waals surface area contributed by atoms with Gasteiger partial charge in [-0.25, -0.2) is 0 Å². The van der Waals surface area contributed by atoms with Gasteiger partial charge in [0, 0.05) is 37.1 Å². The van der Waals surface area contributed by atoms with Gasteiger partial charge in [0.25, 0.3) is 0 Å². The molecule has 1 aliphatic rings. The van der Waals surface area contributed by atoms with Crippen LogP contribution in [0.15, 0.2) is 16.1 Å². The van der Waals surface area contributed by atoms with E-state index in [9.17, 15) is 0 Å². The van der Waals surface area contributed by atoms with Crippen molar-refractivity contribution >= 4 is 45.9 Å². The number of hydrogen-bond acceptors (Lipinski definition) is 2. The molecule has 1 saturated heterocycles. The molecule has 0 aromatic rings. The molecule has 1 fully saturated rings. The van der Waals surface area contributed by atoms with E-state index >= 15 is 0 Å². The Bertz CT molecular complexity index is 355. The van der Waals surface area contributed by atoms with Crippen LogP contribution in [-0.2, 0) is 4.74 Å². The predicted molar refractivity (Wildman–Crippen MR) is 105 cm³/mol. The molecular weight excluding hydrogens is 445 g/mol. The van der Waals surface area contributed by atoms with E-state index in [1.165, 1.54) is 6.42 Å². The van der Waals surface area contributed by atoms with Gasteiger partial charge in [0.2, 0.25) is 0 Å². The van der Waals surface area contributed by atoms with Gasteiger partial charge in [-0.3, -0.25) is 4.99 Å². The van der Waals surface area contributed by atoms with E-state index in [-0.39, 0.29) is 29.4 Å². The fraction of sp³-hybridized carbons (Fsp3) is 0.800. The second-order valence-electron chi connectivity index (χ2n) is 6.38. The van der Waals surface area contributed by atoms with Crippen molar-refractivity contribution in [2.24, 2.45) is 16.3 Å². The zero-order chi connectivity index (χ0) is 15.2. The Kier molecular flexibility index (Phi) is 10.1. The van der Waals surface area contributed by atoms with Gasteiger partial charge in [0.1, 0.15) is 0 Å². The van der Waals surface area contributed by atoms with Crippen LogP contribution in [0, 0.1) is 11.3 Å². The molecule has 2 unspecified atom stereocenters. The van der Waals surface area contributed by atoms with Gasteiger partial charge in [-0.05, 0) is 18.3 Å². The summed E-state index contributed by atoms with van der Waals surface area (Å²) in [6, 6.07) is 0. The smallest absolute Gasteiger partial charge is 0.191 e. The number of ether oxygens (including phenoxy) is 1. The molecule has 0 aromatic heterocycles. The maximum Gasteiger partial charge on any atom is 0.191 e. The Balaban J connectivity index is 0.00000400. The number of guanidine groups is 1. The van der Waals surface area contributed by atoms with E-state index in [1.54, 1.807) is 7.05 Å². The first kappa shape index (κ1) is 21.2. The summed E-state index contributed by atoms with van der Waals surface area (Å²) in [5.74, 6) is 1.33. The van der Waals surface area contributed by atoms with E-state index in [1.807, 2.05) is 0 Å². The highest BCUT2D eigenvalue weighted by Gasteiger charge is 2.35. The van der Waals surface area contributed by atoms with Crippen molar-refractivity contribution in [2.75, 3.05) is 26.7 Å². The Hall–Kier alpha value is 0.180. The average molecular weight is 474 g/mol. The van der Waals surface area contributed by atoms with Crippen LogP contribution in [0.25, 0.3) is 0 Å². The minimum Gasteiger partial charge on any atom is -0.377 e. The highest BCUT2D eigenvalue weighted by molar-refractivity contribution is 14.0. The number of hydrogen-bond donors (Lipinski definition) is 2. The molecule has 4 nitrogen and oxygen atoms in total. The molecule has 0 aliphatic carbocycles. The predicted octanol–water partition coefficient (Wildman–Crippen LogP) is 3.52. The van der Waals surface area contributed by atoms with Crippen LogP contribution in [0.2, 0.25) is 0 Å². The molecule has 2 N–H and O–H groups in total. The molecule has 0 saturated carbocycles. The summed E-state index contributed by atoms with van der Waals surface area (Å²) in [7, 11) is 1.78. The second kappa shape index (κ2) is 10.0. The van der Waals surface area contributed by atoms with Crippen molar-refractivity contribution in [3.05, 3.63) is 11.1 Å². The quantitative estimate of drug-likeness (QED) is 0.373. The Labute approximate surface area is 154 Å². The van der Waals surface area contributed by atoms with Crippen molar-refractivity contribution in [3.8, 4) is 0 Å². The first-order valence-electron chi connectivity index (χ1n) is 7.24. The zero-order valence-electron chi connectivity index (χ0n) is 13.5. The summed E-state index contributed by atoms with van der Waals surface area (Å²) in [6.45, 7) is 13.0. The summed E-state index contributed by atoms with van der Waals surface area (Å²) in [5, 5.41) is 6.61. The Morgan fingerprint density at radius 3 is 2.57 bits per heavy atom. The lowest BCUT2D eigenvalue weighted by Crippen LogP contribution is -2.47. The molecule has 1 aliphatic heterocycles. The van der Waals surface area contributed by atoms with Crippen molar-refractivity contribution in [1.29, 1.82) is 0 Å². The number of nitrogens with zero attached hydrogens (tertiary/aromatic N) is 1. The number of halogens is 2. The molecule has 124 valence electrons. The monoisotopic (exact) mass is 473 g/mol. The maximum atomic E-state index is 6.00. The number of aliphatic imine (C=N–C) groups is 1. The molecule has 1 rings (SSSR count). The van der Waals surface area contributed by atoms with E-state index in [4.69, 9.17) is 4.74 Å². The van der Waals surface area contributed by atoms with Crippen molar-refractivity contribution in [2.45, 2.75) is 39.7 Å². The fourth-order valence-electron chi connectivity index (χ4n) is 2.64. The zero-order valence-corrected chi connectivity index (χ0v) is 17.5. The van der Waals surface area contributed by atoms with Gasteiger partial charge in [-0.1, -0.05) is 43.3 Å². The molecule has 6 heteroatoms. The van der Waals surface area contributed by atoms with Gasteiger partial charge in [-0.2, -0.15) is 0 Å². The molecule has 2 atom stereocenters. The normalized spacial score (nSPS) is 23.2. The van der Waals surface area contributed by atoms with E-state index in [2.05, 4.69) is 58.9 Å². The average Bonchev–Trinajstić information content (AvgIpc) is 2.38. The summed E-state index contributed by atoms with van der Waals surface area (Å²) >= 11 is 3.34. The van der Waals surface area contributed by atoms with Crippen molar-refractivity contribution in [3.63, 3.8) is 0 Å². The van der Waals surface area contributed by atoms with E-state index < -0.39 is 0 Å². The topological polar surface area (TPSA) is 45.7 Å². The standard InChI is InChI=1S/C15H28BrN3O.HI/c1-11(16)9-18-14(17-5)19-10-12-7-6-8-20-13(12)15(2,3)4;/h12-13H,1,6-10H2,2-5H3,(H2,17,18,19);1H. The van der Waals surface area contributed by atoms with E-state index in [0.717, 1.165) is 30.0 Å². The lowest BCUT2D eigenvalue weighted by molar-refractivity contribution is -0.0835. The summed E-state index contributed by atoms with van der Waals surface area (Å²) in [6.07, 6.45) is 2.65. The Morgan fingerprint density at radius 1 is 1.38 bits per heavy atom. The van der Waals surface area contributed by atoms with Gasteiger partial charge in [-0.15, -0.1) is 24.0 Å². The van der Waals surface area contributed by atoms with Crippen molar-refractivity contribution < 1.29 is 4.74 Å². The van der Waals surface area contributed by atoms with Crippen LogP contribution in [0.5, 0.6) is 0 Å². The largest absolute Gasteiger partial charge is 0.377 e. The highest BCUT2D eigenvalue weighted by atomic mass is 127. The van der Waals surface area contributed by atoms with Crippen LogP contribution in [0.1, 0.15) is 33.6 Å². The van der Waals surface area contributed by atoms with E-state index in [0.29, 0.717) is 18.6 Å². The van der Waals surface area contributed by atoms with Crippen LogP contribution < -0.4 is 10.6 Å². The lowest BCUT2D eigenvalue weighted by Gasteiger charge is -2.40. The first-order valence-corrected chi connectivity index (χ1v) is 8.03. The number of nitrogens with one attached hydrogen (secondary N) is 2. The van der Waals surface area contributed by atoms with Crippen LogP contribution in [0.4, 0.5) is 0 Å². The summed E-state index contributed by atoms with van der Waals surface area (Å²) in [4.78, 5) is 4.22. The summed E-state index contributed by atoms with van der Waals surface area (Å²) in [5.41, 5.74) is 0.174. The van der Waals surface area contributed by atoms with Gasteiger partial charge in [0.15, 0.2) is 5.96 Å². The lowest BCUT2D eigenvalue weighted by atomic mass is 9.78. The third-order valence-corrected chi connectivity index (χ3v) is 3.78. The molecule has 21 heavy (non-hydrogen) atoms. The van der Waals surface area contributed by atoms with Crippen LogP contribution in [0.3, 0.4) is 0 Å². The molecule has 0 bridgehead atoms. The minimum atomic E-state index is 0. The first-order chi connectivity index (χ1) is 9.34. The van der Waals surface area contributed by atoms with Crippen LogP contribution in [-0.4, -0.2) is 38.8 Å². The number of rotatable bonds is 4. The SMILES string of the molecule is C=C(Br)CNC(=NC)NCC1CCCOC1C(C)(C)C.I. The Morgan fingerprint density at radius 2 is 2.05 bits per heavy atom. The minimum absolute atomic E-state index is 0. The molecule has 0 spiro atoms. The van der Waals surface area contributed by atoms with Gasteiger partial charge < -0.3 is 15.4 Å². The molecule has 0 radical (unpaired) electrons. The van der Waals surface area contributed by atoms with Crippen molar-refractivity contribution in [1.82, 2.24) is 10.6 Å². The third-order valence-electron chi connectivity index (χ3n) is 3.50. The molecule has 0 aromatic carbocycles. The third kappa shape index (κ3) is 7.83. The van der Waals surface area contributed by atoms with Crippen LogP contribution >= 0.6 is 39.9 Å². The van der Waals surface area contributed by atoms with Gasteiger partial charge in [0.05, 0.1) is 6.10 Å². The molecule has 0 amide bonds. The molecule has 1 heterocycles. The molecular formula is C15H29BrIN3O.